The average Bonchev–Trinajstić information content (AvgIpc) is 3.24. The summed E-state index contributed by atoms with van der Waals surface area (Å²) < 4.78 is 19.8. The van der Waals surface area contributed by atoms with Crippen molar-refractivity contribution in [1.82, 2.24) is 20.6 Å². The van der Waals surface area contributed by atoms with Crippen molar-refractivity contribution in [2.24, 2.45) is 5.10 Å². The standard InChI is InChI=1S/C30H34IN5O6/c1-6-41-25-14-20(28-27(29(38)40-5)18(3)33-30(39)34-28)7-12-24(25)42-16-26(37)35-32-15-21-13-17(2)36(19(21)4)23-10-8-22(31)9-11-23/h7-15,26,28,35,37H,6,16H2,1-5H3,(H2,33,34,39)/b32-15+/t26-,28+/m1/s1. The van der Waals surface area contributed by atoms with Crippen molar-refractivity contribution in [2.75, 3.05) is 20.3 Å². The molecule has 0 bridgehead atoms. The summed E-state index contributed by atoms with van der Waals surface area (Å²) in [6.45, 7) is 7.75. The maximum Gasteiger partial charge on any atom is 0.337 e. The second kappa shape index (κ2) is 13.7. The van der Waals surface area contributed by atoms with E-state index in [4.69, 9.17) is 14.2 Å². The lowest BCUT2D eigenvalue weighted by atomic mass is 9.95. The number of methoxy groups -OCH3 is 1. The molecule has 1 aliphatic heterocycles. The van der Waals surface area contributed by atoms with Gasteiger partial charge in [0.05, 0.1) is 31.5 Å². The number of aromatic nitrogens is 1. The Morgan fingerprint density at radius 1 is 1.14 bits per heavy atom. The maximum atomic E-state index is 12.4. The smallest absolute Gasteiger partial charge is 0.337 e. The minimum Gasteiger partial charge on any atom is -0.490 e. The molecule has 1 aliphatic rings. The van der Waals surface area contributed by atoms with Gasteiger partial charge in [-0.2, -0.15) is 5.10 Å². The lowest BCUT2D eigenvalue weighted by Crippen LogP contribution is -2.45. The van der Waals surface area contributed by atoms with Crippen molar-refractivity contribution in [3.05, 3.63) is 85.9 Å². The first-order valence-corrected chi connectivity index (χ1v) is 14.4. The number of carbonyl (C=O) groups excluding carboxylic acids is 2. The van der Waals surface area contributed by atoms with Gasteiger partial charge in [0.2, 0.25) is 0 Å². The molecule has 2 amide bonds. The number of allylic oxidation sites excluding steroid dienone is 1. The van der Waals surface area contributed by atoms with Crippen LogP contribution in [0, 0.1) is 17.4 Å². The number of benzene rings is 2. The number of hydrogen-bond acceptors (Lipinski definition) is 8. The third-order valence-electron chi connectivity index (χ3n) is 6.65. The van der Waals surface area contributed by atoms with Crippen LogP contribution in [0.5, 0.6) is 11.5 Å². The average molecular weight is 688 g/mol. The Morgan fingerprint density at radius 2 is 1.88 bits per heavy atom. The first-order valence-electron chi connectivity index (χ1n) is 13.3. The lowest BCUT2D eigenvalue weighted by Gasteiger charge is -2.28. The van der Waals surface area contributed by atoms with Gasteiger partial charge >= 0.3 is 12.0 Å². The number of aryl methyl sites for hydroxylation is 1. The zero-order valence-electron chi connectivity index (χ0n) is 24.0. The van der Waals surface area contributed by atoms with Crippen LogP contribution in [-0.4, -0.2) is 54.4 Å². The van der Waals surface area contributed by atoms with E-state index in [9.17, 15) is 14.7 Å². The fourth-order valence-corrected chi connectivity index (χ4v) is 5.08. The van der Waals surface area contributed by atoms with Crippen LogP contribution < -0.4 is 25.5 Å². The number of nitrogens with zero attached hydrogens (tertiary/aromatic N) is 2. The molecule has 11 nitrogen and oxygen atoms in total. The topological polar surface area (TPSA) is 135 Å². The second-order valence-electron chi connectivity index (χ2n) is 9.55. The molecule has 2 aromatic carbocycles. The number of hydrogen-bond donors (Lipinski definition) is 4. The van der Waals surface area contributed by atoms with Gasteiger partial charge in [0, 0.05) is 31.9 Å². The lowest BCUT2D eigenvalue weighted by molar-refractivity contribution is -0.136. The molecule has 0 radical (unpaired) electrons. The molecule has 0 unspecified atom stereocenters. The molecule has 4 rings (SSSR count). The molecule has 0 saturated heterocycles. The van der Waals surface area contributed by atoms with Crippen molar-refractivity contribution in [3.8, 4) is 17.2 Å². The Labute approximate surface area is 258 Å². The van der Waals surface area contributed by atoms with E-state index in [0.29, 0.717) is 29.4 Å². The molecule has 42 heavy (non-hydrogen) atoms. The van der Waals surface area contributed by atoms with Gasteiger partial charge in [0.25, 0.3) is 0 Å². The predicted octanol–water partition coefficient (Wildman–Crippen LogP) is 4.22. The molecule has 0 aliphatic carbocycles. The Balaban J connectivity index is 1.43. The van der Waals surface area contributed by atoms with Gasteiger partial charge in [-0.1, -0.05) is 6.07 Å². The van der Waals surface area contributed by atoms with Crippen LogP contribution in [0.2, 0.25) is 0 Å². The van der Waals surface area contributed by atoms with Crippen molar-refractivity contribution < 1.29 is 28.9 Å². The summed E-state index contributed by atoms with van der Waals surface area (Å²) in [5.74, 6) is 0.213. The summed E-state index contributed by atoms with van der Waals surface area (Å²) in [4.78, 5) is 24.6. The predicted molar refractivity (Wildman–Crippen MR) is 167 cm³/mol. The van der Waals surface area contributed by atoms with E-state index < -0.39 is 24.3 Å². The molecule has 12 heteroatoms. The molecular weight excluding hydrogens is 653 g/mol. The number of hydrazone groups is 1. The summed E-state index contributed by atoms with van der Waals surface area (Å²) in [7, 11) is 1.28. The molecule has 0 fully saturated rings. The fraction of sp³-hybridized carbons (Fsp3) is 0.300. The molecule has 1 aromatic heterocycles. The van der Waals surface area contributed by atoms with E-state index in [1.54, 1.807) is 31.3 Å². The number of carbonyl (C=O) groups is 2. The SMILES string of the molecule is CCOc1cc([C@@H]2NC(=O)NC(C)=C2C(=O)OC)ccc1OC[C@@H](O)N/N=C/c1cc(C)n(-c2ccc(I)cc2)c1C. The number of aliphatic hydroxyl groups is 1. The van der Waals surface area contributed by atoms with Gasteiger partial charge in [0.15, 0.2) is 17.7 Å². The molecule has 0 spiro atoms. The van der Waals surface area contributed by atoms with Crippen molar-refractivity contribution in [3.63, 3.8) is 0 Å². The van der Waals surface area contributed by atoms with Crippen molar-refractivity contribution in [2.45, 2.75) is 40.0 Å². The molecule has 2 heterocycles. The number of halogens is 1. The number of esters is 1. The summed E-state index contributed by atoms with van der Waals surface area (Å²) in [5.41, 5.74) is 8.06. The largest absolute Gasteiger partial charge is 0.490 e. The van der Waals surface area contributed by atoms with Crippen LogP contribution in [0.25, 0.3) is 5.69 Å². The fourth-order valence-electron chi connectivity index (χ4n) is 4.72. The van der Waals surface area contributed by atoms with Crippen LogP contribution in [0.4, 0.5) is 4.79 Å². The van der Waals surface area contributed by atoms with Crippen LogP contribution in [0.1, 0.15) is 42.4 Å². The number of aliphatic hydroxyl groups excluding tert-OH is 1. The number of amides is 2. The minimum absolute atomic E-state index is 0.116. The van der Waals surface area contributed by atoms with Crippen LogP contribution in [0.15, 0.2) is 64.9 Å². The van der Waals surface area contributed by atoms with E-state index in [2.05, 4.69) is 72.6 Å². The first-order chi connectivity index (χ1) is 20.1. The number of nitrogens with one attached hydrogen (secondary N) is 3. The Hall–Kier alpha value is -4.04. The van der Waals surface area contributed by atoms with Gasteiger partial charge < -0.3 is 34.5 Å². The maximum absolute atomic E-state index is 12.4. The summed E-state index contributed by atoms with van der Waals surface area (Å²) in [6.07, 6.45) is 0.562. The van der Waals surface area contributed by atoms with Crippen LogP contribution >= 0.6 is 22.6 Å². The highest BCUT2D eigenvalue weighted by Crippen LogP contribution is 2.35. The second-order valence-corrected chi connectivity index (χ2v) is 10.8. The number of ether oxygens (including phenoxy) is 3. The molecule has 0 saturated carbocycles. The van der Waals surface area contributed by atoms with Gasteiger partial charge in [-0.05, 0) is 98.3 Å². The van der Waals surface area contributed by atoms with E-state index in [0.717, 1.165) is 22.6 Å². The summed E-state index contributed by atoms with van der Waals surface area (Å²) in [6, 6.07) is 14.2. The van der Waals surface area contributed by atoms with Gasteiger partial charge in [0.1, 0.15) is 6.61 Å². The summed E-state index contributed by atoms with van der Waals surface area (Å²) in [5, 5.41) is 20.0. The molecule has 3 aromatic rings. The van der Waals surface area contributed by atoms with Crippen LogP contribution in [-0.2, 0) is 9.53 Å². The highest BCUT2D eigenvalue weighted by molar-refractivity contribution is 14.1. The van der Waals surface area contributed by atoms with E-state index in [1.807, 2.05) is 26.8 Å². The Bertz CT molecular complexity index is 1520. The summed E-state index contributed by atoms with van der Waals surface area (Å²) >= 11 is 2.28. The molecular formula is C30H34IN5O6. The third kappa shape index (κ3) is 7.05. The van der Waals surface area contributed by atoms with E-state index >= 15 is 0 Å². The van der Waals surface area contributed by atoms with E-state index in [-0.39, 0.29) is 12.2 Å². The monoisotopic (exact) mass is 687 g/mol. The van der Waals surface area contributed by atoms with Crippen molar-refractivity contribution in [1.29, 1.82) is 0 Å². The normalized spacial score (nSPS) is 15.7. The van der Waals surface area contributed by atoms with Gasteiger partial charge in [-0.25, -0.2) is 9.59 Å². The number of urea groups is 1. The zero-order chi connectivity index (χ0) is 30.4. The van der Waals surface area contributed by atoms with Crippen molar-refractivity contribution >= 4 is 40.8 Å². The molecule has 4 N–H and O–H groups in total. The minimum atomic E-state index is -1.10. The Morgan fingerprint density at radius 3 is 2.57 bits per heavy atom. The van der Waals surface area contributed by atoms with Gasteiger partial charge in [-0.3, -0.25) is 5.43 Å². The van der Waals surface area contributed by atoms with Crippen LogP contribution in [0.3, 0.4) is 0 Å². The van der Waals surface area contributed by atoms with Gasteiger partial charge in [-0.15, -0.1) is 0 Å². The number of rotatable bonds is 11. The Kier molecular flexibility index (Phi) is 10.1. The highest BCUT2D eigenvalue weighted by atomic mass is 127. The molecule has 2 atom stereocenters. The third-order valence-corrected chi connectivity index (χ3v) is 7.37. The van der Waals surface area contributed by atoms with E-state index in [1.165, 1.54) is 10.7 Å². The first kappa shape index (κ1) is 30.9. The quantitative estimate of drug-likeness (QED) is 0.0780. The highest BCUT2D eigenvalue weighted by Gasteiger charge is 2.32. The molecule has 222 valence electrons. The zero-order valence-corrected chi connectivity index (χ0v) is 26.2.